The first-order valence-corrected chi connectivity index (χ1v) is 8.07. The van der Waals surface area contributed by atoms with E-state index in [0.717, 1.165) is 29.7 Å². The quantitative estimate of drug-likeness (QED) is 0.815. The van der Waals surface area contributed by atoms with E-state index >= 15 is 0 Å². The summed E-state index contributed by atoms with van der Waals surface area (Å²) in [6.07, 6.45) is 4.50. The second kappa shape index (κ2) is 5.60. The van der Waals surface area contributed by atoms with E-state index < -0.39 is 5.97 Å². The first kappa shape index (κ1) is 14.3. The number of rotatable bonds is 3. The van der Waals surface area contributed by atoms with Gasteiger partial charge in [-0.25, -0.2) is 4.98 Å². The summed E-state index contributed by atoms with van der Waals surface area (Å²) in [5, 5.41) is 0.702. The van der Waals surface area contributed by atoms with Crippen molar-refractivity contribution in [2.45, 2.75) is 39.7 Å². The molecule has 0 aromatic carbocycles. The minimum Gasteiger partial charge on any atom is -0.465 e. The summed E-state index contributed by atoms with van der Waals surface area (Å²) < 4.78 is 6.25. The monoisotopic (exact) mass is 306 g/mol. The fraction of sp³-hybridized carbons (Fsp3) is 0.533. The van der Waals surface area contributed by atoms with Gasteiger partial charge in [0, 0.05) is 4.88 Å². The largest absolute Gasteiger partial charge is 0.465 e. The van der Waals surface area contributed by atoms with Gasteiger partial charge in [-0.05, 0) is 37.7 Å². The highest BCUT2D eigenvalue weighted by molar-refractivity contribution is 7.18. The van der Waals surface area contributed by atoms with Crippen molar-refractivity contribution < 1.29 is 9.53 Å². The molecule has 0 unspecified atom stereocenters. The van der Waals surface area contributed by atoms with Gasteiger partial charge in [-0.3, -0.25) is 14.2 Å². The van der Waals surface area contributed by atoms with Gasteiger partial charge in [0.25, 0.3) is 5.56 Å². The Morgan fingerprint density at radius 1 is 1.57 bits per heavy atom. The second-order valence-electron chi connectivity index (χ2n) is 5.51. The summed E-state index contributed by atoms with van der Waals surface area (Å²) in [5.41, 5.74) is 1.02. The van der Waals surface area contributed by atoms with Crippen LogP contribution in [0.25, 0.3) is 10.2 Å². The Labute approximate surface area is 126 Å². The van der Waals surface area contributed by atoms with E-state index in [0.29, 0.717) is 17.9 Å². The minimum absolute atomic E-state index is 0.0728. The third-order valence-electron chi connectivity index (χ3n) is 3.89. The van der Waals surface area contributed by atoms with Gasteiger partial charge in [-0.2, -0.15) is 0 Å². The topological polar surface area (TPSA) is 61.2 Å². The molecule has 0 saturated heterocycles. The molecule has 0 saturated carbocycles. The van der Waals surface area contributed by atoms with Gasteiger partial charge in [-0.15, -0.1) is 11.3 Å². The molecule has 1 aliphatic carbocycles. The number of carbonyl (C=O) groups excluding carboxylic acids is 1. The highest BCUT2D eigenvalue weighted by atomic mass is 32.1. The van der Waals surface area contributed by atoms with Gasteiger partial charge in [0.05, 0.1) is 18.3 Å². The van der Waals surface area contributed by atoms with Crippen molar-refractivity contribution in [2.75, 3.05) is 6.61 Å². The molecule has 0 fully saturated rings. The fourth-order valence-electron chi connectivity index (χ4n) is 2.82. The second-order valence-corrected chi connectivity index (χ2v) is 6.60. The molecule has 3 rings (SSSR count). The van der Waals surface area contributed by atoms with Gasteiger partial charge in [0.2, 0.25) is 0 Å². The normalized spacial score (nSPS) is 17.7. The average Bonchev–Trinajstić information content (AvgIpc) is 2.80. The first-order valence-electron chi connectivity index (χ1n) is 7.25. The summed E-state index contributed by atoms with van der Waals surface area (Å²) in [7, 11) is 0. The van der Waals surface area contributed by atoms with Crippen molar-refractivity contribution in [3.05, 3.63) is 27.1 Å². The smallest absolute Gasteiger partial charge is 0.326 e. The maximum Gasteiger partial charge on any atom is 0.326 e. The van der Waals surface area contributed by atoms with Crippen LogP contribution in [0.1, 0.15) is 30.7 Å². The summed E-state index contributed by atoms with van der Waals surface area (Å²) in [6.45, 7) is 4.23. The highest BCUT2D eigenvalue weighted by Gasteiger charge is 2.23. The molecule has 0 aliphatic heterocycles. The molecule has 2 heterocycles. The van der Waals surface area contributed by atoms with Crippen molar-refractivity contribution in [1.82, 2.24) is 9.55 Å². The van der Waals surface area contributed by atoms with Crippen LogP contribution in [0.3, 0.4) is 0 Å². The molecule has 0 radical (unpaired) electrons. The van der Waals surface area contributed by atoms with Gasteiger partial charge in [0.1, 0.15) is 11.4 Å². The SMILES string of the molecule is CCOC(=O)Cn1cnc2sc3c(c2c1=O)CC[C@H](C)C3. The predicted octanol–water partition coefficient (Wildman–Crippen LogP) is 2.15. The van der Waals surface area contributed by atoms with Crippen LogP contribution in [0, 0.1) is 5.92 Å². The molecule has 2 aromatic rings. The lowest BCUT2D eigenvalue weighted by molar-refractivity contribution is -0.143. The predicted molar refractivity (Wildman–Crippen MR) is 81.7 cm³/mol. The van der Waals surface area contributed by atoms with Crippen molar-refractivity contribution in [2.24, 2.45) is 5.92 Å². The summed E-state index contributed by atoms with van der Waals surface area (Å²) in [5.74, 6) is 0.255. The zero-order chi connectivity index (χ0) is 15.0. The fourth-order valence-corrected chi connectivity index (χ4v) is 4.17. The van der Waals surface area contributed by atoms with Crippen LogP contribution in [-0.4, -0.2) is 22.1 Å². The number of hydrogen-bond acceptors (Lipinski definition) is 5. The van der Waals surface area contributed by atoms with Crippen LogP contribution in [0.4, 0.5) is 0 Å². The molecular formula is C15H18N2O3S. The molecule has 2 aromatic heterocycles. The van der Waals surface area contributed by atoms with Crippen LogP contribution in [0.15, 0.2) is 11.1 Å². The van der Waals surface area contributed by atoms with Crippen LogP contribution >= 0.6 is 11.3 Å². The minimum atomic E-state index is -0.404. The Balaban J connectivity index is 2.04. The van der Waals surface area contributed by atoms with Crippen LogP contribution < -0.4 is 5.56 Å². The Morgan fingerprint density at radius 2 is 2.38 bits per heavy atom. The van der Waals surface area contributed by atoms with Crippen molar-refractivity contribution >= 4 is 27.5 Å². The molecule has 0 bridgehead atoms. The average molecular weight is 306 g/mol. The standard InChI is InChI=1S/C15H18N2O3S/c1-3-20-12(18)7-17-8-16-14-13(15(17)19)10-5-4-9(2)6-11(10)21-14/h8-9H,3-7H2,1-2H3/t9-/m0/s1. The van der Waals surface area contributed by atoms with E-state index in [2.05, 4.69) is 11.9 Å². The summed E-state index contributed by atoms with van der Waals surface area (Å²) >= 11 is 1.61. The molecule has 1 aliphatic rings. The molecule has 21 heavy (non-hydrogen) atoms. The van der Waals surface area contributed by atoms with Gasteiger partial charge >= 0.3 is 5.97 Å². The van der Waals surface area contributed by atoms with E-state index in [1.54, 1.807) is 18.3 Å². The Bertz CT molecular complexity index is 747. The molecule has 112 valence electrons. The molecule has 0 amide bonds. The maximum atomic E-state index is 12.6. The number of nitrogens with zero attached hydrogens (tertiary/aromatic N) is 2. The van der Waals surface area contributed by atoms with Crippen LogP contribution in [-0.2, 0) is 28.9 Å². The van der Waals surface area contributed by atoms with Crippen LogP contribution in [0.5, 0.6) is 0 Å². The van der Waals surface area contributed by atoms with E-state index in [9.17, 15) is 9.59 Å². The summed E-state index contributed by atoms with van der Waals surface area (Å²) in [6, 6.07) is 0. The third kappa shape index (κ3) is 2.60. The molecule has 0 spiro atoms. The van der Waals surface area contributed by atoms with Gasteiger partial charge in [-0.1, -0.05) is 6.92 Å². The highest BCUT2D eigenvalue weighted by Crippen LogP contribution is 2.35. The van der Waals surface area contributed by atoms with Gasteiger partial charge in [0.15, 0.2) is 0 Å². The lowest BCUT2D eigenvalue weighted by Crippen LogP contribution is -2.26. The Hall–Kier alpha value is -1.69. The van der Waals surface area contributed by atoms with E-state index in [-0.39, 0.29) is 12.1 Å². The third-order valence-corrected chi connectivity index (χ3v) is 5.05. The number of ether oxygens (including phenoxy) is 1. The molecule has 6 heteroatoms. The molecule has 5 nitrogen and oxygen atoms in total. The number of fused-ring (bicyclic) bond motifs is 3. The Morgan fingerprint density at radius 3 is 3.14 bits per heavy atom. The number of thiophene rings is 1. The van der Waals surface area contributed by atoms with E-state index in [1.165, 1.54) is 15.8 Å². The number of aromatic nitrogens is 2. The molecule has 1 atom stereocenters. The number of hydrogen-bond donors (Lipinski definition) is 0. The number of esters is 1. The number of carbonyl (C=O) groups is 1. The van der Waals surface area contributed by atoms with Gasteiger partial charge < -0.3 is 4.74 Å². The molecule has 0 N–H and O–H groups in total. The van der Waals surface area contributed by atoms with Crippen molar-refractivity contribution in [3.63, 3.8) is 0 Å². The Kier molecular flexibility index (Phi) is 3.80. The van der Waals surface area contributed by atoms with Crippen molar-refractivity contribution in [3.8, 4) is 0 Å². The zero-order valence-corrected chi connectivity index (χ0v) is 13.0. The summed E-state index contributed by atoms with van der Waals surface area (Å²) in [4.78, 5) is 30.6. The van der Waals surface area contributed by atoms with Crippen molar-refractivity contribution in [1.29, 1.82) is 0 Å². The first-order chi connectivity index (χ1) is 10.1. The van der Waals surface area contributed by atoms with E-state index in [4.69, 9.17) is 4.74 Å². The lowest BCUT2D eigenvalue weighted by Gasteiger charge is -2.17. The van der Waals surface area contributed by atoms with E-state index in [1.807, 2.05) is 0 Å². The zero-order valence-electron chi connectivity index (χ0n) is 12.2. The number of aryl methyl sites for hydroxylation is 1. The molecular weight excluding hydrogens is 288 g/mol. The lowest BCUT2D eigenvalue weighted by atomic mass is 9.89. The maximum absolute atomic E-state index is 12.6. The van der Waals surface area contributed by atoms with Crippen LogP contribution in [0.2, 0.25) is 0 Å².